The molecule has 0 bridgehead atoms. The Morgan fingerprint density at radius 3 is 1.09 bits per heavy atom. The molecule has 0 aliphatic rings. The van der Waals surface area contributed by atoms with Gasteiger partial charge in [-0.3, -0.25) is 14.4 Å². The summed E-state index contributed by atoms with van der Waals surface area (Å²) in [6.07, 6.45) is 0. The van der Waals surface area contributed by atoms with Gasteiger partial charge in [-0.05, 0) is 100 Å². The zero-order valence-electron chi connectivity index (χ0n) is 27.6. The average molecular weight is 621 g/mol. The van der Waals surface area contributed by atoms with Crippen LogP contribution in [0.15, 0.2) is 91.0 Å². The fraction of sp³-hybridized carbons (Fsp3) is 0.270. The van der Waals surface area contributed by atoms with Crippen LogP contribution >= 0.6 is 0 Å². The van der Waals surface area contributed by atoms with Gasteiger partial charge in [-0.15, -0.1) is 0 Å². The van der Waals surface area contributed by atoms with Crippen LogP contribution in [-0.2, 0) is 0 Å². The minimum atomic E-state index is -0.438. The van der Waals surface area contributed by atoms with E-state index in [4.69, 9.17) is 0 Å². The minimum absolute atomic E-state index is 0.182. The molecule has 0 radical (unpaired) electrons. The second-order valence-corrected chi connectivity index (χ2v) is 11.1. The zero-order chi connectivity index (χ0) is 33.2. The Bertz CT molecular complexity index is 1590. The quantitative estimate of drug-likeness (QED) is 0.146. The first kappa shape index (κ1) is 33.6. The predicted molar refractivity (Wildman–Crippen MR) is 191 cm³/mol. The molecule has 0 aromatic heterocycles. The van der Waals surface area contributed by atoms with Gasteiger partial charge in [-0.1, -0.05) is 18.2 Å². The number of nitrogens with one attached hydrogen (secondary N) is 3. The fourth-order valence-electron chi connectivity index (χ4n) is 5.23. The van der Waals surface area contributed by atoms with E-state index in [9.17, 15) is 14.4 Å². The van der Waals surface area contributed by atoms with E-state index in [1.54, 1.807) is 6.07 Å². The van der Waals surface area contributed by atoms with Gasteiger partial charge in [0.15, 0.2) is 0 Å². The third-order valence-electron chi connectivity index (χ3n) is 7.81. The largest absolute Gasteiger partial charge is 0.378 e. The molecule has 3 amide bonds. The van der Waals surface area contributed by atoms with Crippen molar-refractivity contribution in [2.75, 3.05) is 70.9 Å². The first-order chi connectivity index (χ1) is 22.1. The summed E-state index contributed by atoms with van der Waals surface area (Å²) in [6.45, 7) is 11.6. The Hall–Kier alpha value is -5.31. The first-order valence-electron chi connectivity index (χ1n) is 15.7. The minimum Gasteiger partial charge on any atom is -0.378 e. The topological polar surface area (TPSA) is 97.0 Å². The van der Waals surface area contributed by atoms with E-state index in [0.29, 0.717) is 17.1 Å². The van der Waals surface area contributed by atoms with Crippen molar-refractivity contribution in [1.82, 2.24) is 0 Å². The van der Waals surface area contributed by atoms with Crippen LogP contribution in [0.4, 0.5) is 34.1 Å². The highest BCUT2D eigenvalue weighted by molar-refractivity contribution is 6.13. The van der Waals surface area contributed by atoms with Gasteiger partial charge in [0, 0.05) is 91.1 Å². The lowest BCUT2D eigenvalue weighted by Crippen LogP contribution is -2.22. The van der Waals surface area contributed by atoms with Gasteiger partial charge in [0.1, 0.15) is 0 Å². The van der Waals surface area contributed by atoms with Crippen molar-refractivity contribution >= 4 is 51.8 Å². The molecule has 0 saturated heterocycles. The Kier molecular flexibility index (Phi) is 11.4. The molecule has 240 valence electrons. The number of carbonyl (C=O) groups is 3. The monoisotopic (exact) mass is 620 g/mol. The van der Waals surface area contributed by atoms with Crippen molar-refractivity contribution in [3.05, 3.63) is 108 Å². The summed E-state index contributed by atoms with van der Waals surface area (Å²) in [7, 11) is 3.84. The van der Waals surface area contributed by atoms with Gasteiger partial charge >= 0.3 is 0 Å². The van der Waals surface area contributed by atoms with Crippen molar-refractivity contribution in [1.29, 1.82) is 0 Å². The highest BCUT2D eigenvalue weighted by atomic mass is 16.2. The number of carbonyl (C=O) groups excluding carboxylic acids is 3. The molecule has 0 unspecified atom stereocenters. The summed E-state index contributed by atoms with van der Waals surface area (Å²) in [5.74, 6) is -1.30. The molecule has 9 nitrogen and oxygen atoms in total. The van der Waals surface area contributed by atoms with E-state index in [1.165, 1.54) is 18.2 Å². The summed E-state index contributed by atoms with van der Waals surface area (Å²) in [6, 6.07) is 27.2. The van der Waals surface area contributed by atoms with Crippen LogP contribution < -0.4 is 30.7 Å². The number of hydrogen-bond donors (Lipinski definition) is 3. The van der Waals surface area contributed by atoms with Gasteiger partial charge < -0.3 is 30.7 Å². The van der Waals surface area contributed by atoms with Crippen molar-refractivity contribution in [3.8, 4) is 0 Å². The van der Waals surface area contributed by atoms with Gasteiger partial charge in [0.25, 0.3) is 17.7 Å². The number of amides is 3. The van der Waals surface area contributed by atoms with E-state index in [0.717, 1.165) is 43.2 Å². The van der Waals surface area contributed by atoms with Crippen LogP contribution in [0, 0.1) is 0 Å². The third-order valence-corrected chi connectivity index (χ3v) is 7.81. The van der Waals surface area contributed by atoms with Crippen molar-refractivity contribution in [2.45, 2.75) is 27.7 Å². The molecule has 46 heavy (non-hydrogen) atoms. The molecule has 4 aromatic rings. The van der Waals surface area contributed by atoms with Crippen molar-refractivity contribution < 1.29 is 14.4 Å². The maximum atomic E-state index is 13.6. The molecular formula is C37H44N6O3. The fourth-order valence-corrected chi connectivity index (χ4v) is 5.23. The summed E-state index contributed by atoms with van der Waals surface area (Å²) in [4.78, 5) is 47.1. The molecule has 0 aliphatic carbocycles. The summed E-state index contributed by atoms with van der Waals surface area (Å²) in [5.41, 5.74) is 5.28. The number of benzene rings is 4. The van der Waals surface area contributed by atoms with Gasteiger partial charge in [0.2, 0.25) is 0 Å². The number of hydrogen-bond acceptors (Lipinski definition) is 6. The number of anilines is 6. The molecule has 0 heterocycles. The number of nitrogens with zero attached hydrogens (tertiary/aromatic N) is 3. The Balaban J connectivity index is 1.67. The van der Waals surface area contributed by atoms with Gasteiger partial charge in [-0.2, -0.15) is 0 Å². The second-order valence-electron chi connectivity index (χ2n) is 11.1. The lowest BCUT2D eigenvalue weighted by atomic mass is 10.0. The molecule has 4 aromatic carbocycles. The zero-order valence-corrected chi connectivity index (χ0v) is 27.6. The molecule has 3 N–H and O–H groups in total. The molecule has 0 fully saturated rings. The first-order valence-corrected chi connectivity index (χ1v) is 15.7. The van der Waals surface area contributed by atoms with Crippen LogP contribution in [0.5, 0.6) is 0 Å². The second kappa shape index (κ2) is 15.6. The van der Waals surface area contributed by atoms with Crippen LogP contribution in [0.25, 0.3) is 0 Å². The Labute approximate surface area is 272 Å². The van der Waals surface area contributed by atoms with Crippen LogP contribution in [0.1, 0.15) is 58.8 Å². The van der Waals surface area contributed by atoms with Crippen LogP contribution in [0.3, 0.4) is 0 Å². The molecule has 0 atom stereocenters. The van der Waals surface area contributed by atoms with E-state index in [2.05, 4.69) is 53.4 Å². The lowest BCUT2D eigenvalue weighted by molar-refractivity contribution is 0.102. The van der Waals surface area contributed by atoms with Gasteiger partial charge in [0.05, 0.1) is 0 Å². The number of rotatable bonds is 13. The molecule has 0 aliphatic heterocycles. The highest BCUT2D eigenvalue weighted by Gasteiger charge is 2.18. The molecule has 9 heteroatoms. The van der Waals surface area contributed by atoms with Crippen molar-refractivity contribution in [3.63, 3.8) is 0 Å². The summed E-state index contributed by atoms with van der Waals surface area (Å²) >= 11 is 0. The smallest absolute Gasteiger partial charge is 0.255 e. The van der Waals surface area contributed by atoms with Gasteiger partial charge in [-0.25, -0.2) is 0 Å². The van der Waals surface area contributed by atoms with Crippen molar-refractivity contribution in [2.24, 2.45) is 0 Å². The average Bonchev–Trinajstić information content (AvgIpc) is 3.06. The standard InChI is InChI=1S/C37H44N6O3/c1-7-42(8-2)33-18-12-15-30(24-33)39-36(45)27-20-26(35(44)38-29-14-11-17-32(23-29)41(5)6)21-28(22-27)37(46)40-31-16-13-19-34(25-31)43(9-3)10-4/h11-25H,7-10H2,1-6H3,(H,38,44)(H,39,45)(H,40,46). The van der Waals surface area contributed by atoms with E-state index in [1.807, 2.05) is 85.7 Å². The van der Waals surface area contributed by atoms with E-state index in [-0.39, 0.29) is 16.7 Å². The Morgan fingerprint density at radius 1 is 0.478 bits per heavy atom. The summed E-state index contributed by atoms with van der Waals surface area (Å²) < 4.78 is 0. The third kappa shape index (κ3) is 8.44. The lowest BCUT2D eigenvalue weighted by Gasteiger charge is -2.21. The molecule has 0 spiro atoms. The maximum Gasteiger partial charge on any atom is 0.255 e. The maximum absolute atomic E-state index is 13.6. The van der Waals surface area contributed by atoms with Crippen LogP contribution in [-0.4, -0.2) is 58.0 Å². The normalized spacial score (nSPS) is 10.6. The Morgan fingerprint density at radius 2 is 0.783 bits per heavy atom. The molecular weight excluding hydrogens is 576 g/mol. The summed E-state index contributed by atoms with van der Waals surface area (Å²) in [5, 5.41) is 8.80. The SMILES string of the molecule is CCN(CC)c1cccc(NC(=O)c2cc(C(=O)Nc3cccc(N(C)C)c3)cc(C(=O)Nc3cccc(N(CC)CC)c3)c2)c1. The highest BCUT2D eigenvalue weighted by Crippen LogP contribution is 2.24. The van der Waals surface area contributed by atoms with E-state index >= 15 is 0 Å². The predicted octanol–water partition coefficient (Wildman–Crippen LogP) is 7.20. The molecule has 0 saturated carbocycles. The van der Waals surface area contributed by atoms with E-state index < -0.39 is 17.7 Å². The van der Waals surface area contributed by atoms with Crippen LogP contribution in [0.2, 0.25) is 0 Å². The molecule has 4 rings (SSSR count).